The van der Waals surface area contributed by atoms with E-state index in [4.69, 9.17) is 10.5 Å². The Labute approximate surface area is 111 Å². The number of nitriles is 2. The minimum Gasteiger partial charge on any atom is -0.203 e. The molecule has 1 aromatic rings. The van der Waals surface area contributed by atoms with Gasteiger partial charge in [-0.15, -0.1) is 0 Å². The molecule has 0 saturated carbocycles. The van der Waals surface area contributed by atoms with E-state index in [-0.39, 0.29) is 0 Å². The zero-order chi connectivity index (χ0) is 16.6. The predicted octanol–water partition coefficient (Wildman–Crippen LogP) is 3.94. The molecule has 0 spiro atoms. The highest BCUT2D eigenvalue weighted by Crippen LogP contribution is 2.45. The number of hydrogen-bond acceptors (Lipinski definition) is 2. The smallest absolute Gasteiger partial charge is 0.203 e. The lowest BCUT2D eigenvalue weighted by atomic mass is 9.92. The van der Waals surface area contributed by atoms with Gasteiger partial charge in [-0.05, 0) is 0 Å². The van der Waals surface area contributed by atoms with Gasteiger partial charge in [-0.3, -0.25) is 0 Å². The van der Waals surface area contributed by atoms with Gasteiger partial charge in [0.15, 0.2) is 11.6 Å². The summed E-state index contributed by atoms with van der Waals surface area (Å²) in [5.41, 5.74) is -9.09. The summed E-state index contributed by atoms with van der Waals surface area (Å²) in [5.74, 6) is -4.67. The third-order valence-electron chi connectivity index (χ3n) is 2.41. The molecule has 21 heavy (non-hydrogen) atoms. The molecule has 0 radical (unpaired) electrons. The summed E-state index contributed by atoms with van der Waals surface area (Å²) in [4.78, 5) is 0. The fourth-order valence-corrected chi connectivity index (χ4v) is 1.68. The predicted molar refractivity (Wildman–Crippen MR) is 50.4 cm³/mol. The van der Waals surface area contributed by atoms with Crippen molar-refractivity contribution in [2.75, 3.05) is 0 Å². The summed E-state index contributed by atoms with van der Waals surface area (Å²) >= 11 is 0. The van der Waals surface area contributed by atoms with Crippen molar-refractivity contribution in [2.24, 2.45) is 0 Å². The quantitative estimate of drug-likeness (QED) is 0.737. The third kappa shape index (κ3) is 2.89. The Hall–Kier alpha value is -2.36. The summed E-state index contributed by atoms with van der Waals surface area (Å²) in [6.45, 7) is 0. The fraction of sp³-hybridized carbons (Fsp3) is 0.273. The second-order valence-corrected chi connectivity index (χ2v) is 3.67. The number of rotatable bonds is 1. The van der Waals surface area contributed by atoms with Gasteiger partial charge in [0.25, 0.3) is 0 Å². The number of alkyl halides is 6. The Morgan fingerprint density at radius 2 is 1.29 bits per heavy atom. The van der Waals surface area contributed by atoms with E-state index in [0.717, 1.165) is 6.07 Å². The van der Waals surface area contributed by atoms with Gasteiger partial charge in [0.2, 0.25) is 0 Å². The molecule has 1 aromatic carbocycles. The highest BCUT2D eigenvalue weighted by Gasteiger charge is 2.49. The topological polar surface area (TPSA) is 47.6 Å². The summed E-state index contributed by atoms with van der Waals surface area (Å²) in [5, 5.41) is 16.7. The Bertz CT molecular complexity index is 657. The lowest BCUT2D eigenvalue weighted by molar-refractivity contribution is -0.163. The standard InChI is InChI=1S/C11H2F8N2/c12-8-4(1-2-20)6(10(14,15)16)7(11(17,18)19)5(3-21)9(8)13/h1H2. The zero-order valence-corrected chi connectivity index (χ0v) is 9.63. The second-order valence-electron chi connectivity index (χ2n) is 3.67. The molecule has 0 N–H and O–H groups in total. The van der Waals surface area contributed by atoms with E-state index in [0.29, 0.717) is 6.07 Å². The molecule has 0 unspecified atom stereocenters. The van der Waals surface area contributed by atoms with Crippen LogP contribution in [0.3, 0.4) is 0 Å². The molecule has 0 aliphatic rings. The number of benzene rings is 1. The molecule has 0 aliphatic carbocycles. The molecule has 0 saturated heterocycles. The molecular weight excluding hydrogens is 312 g/mol. The SMILES string of the molecule is N#CCc1c(F)c(F)c(C#N)c(C(F)(F)F)c1C(F)(F)F. The van der Waals surface area contributed by atoms with Gasteiger partial charge in [-0.2, -0.15) is 36.9 Å². The van der Waals surface area contributed by atoms with Crippen molar-refractivity contribution in [3.63, 3.8) is 0 Å². The highest BCUT2D eigenvalue weighted by molar-refractivity contribution is 5.52. The maximum atomic E-state index is 13.5. The van der Waals surface area contributed by atoms with Gasteiger partial charge in [0.1, 0.15) is 11.6 Å². The molecular formula is C11H2F8N2. The van der Waals surface area contributed by atoms with E-state index in [1.807, 2.05) is 0 Å². The highest BCUT2D eigenvalue weighted by atomic mass is 19.4. The van der Waals surface area contributed by atoms with Gasteiger partial charge in [-0.1, -0.05) is 0 Å². The van der Waals surface area contributed by atoms with Crippen molar-refractivity contribution in [3.05, 3.63) is 33.9 Å². The van der Waals surface area contributed by atoms with Crippen molar-refractivity contribution >= 4 is 0 Å². The molecule has 1 rings (SSSR count). The summed E-state index contributed by atoms with van der Waals surface area (Å²) < 4.78 is 103. The normalized spacial score (nSPS) is 11.9. The van der Waals surface area contributed by atoms with Gasteiger partial charge in [0, 0.05) is 5.56 Å². The van der Waals surface area contributed by atoms with E-state index in [9.17, 15) is 35.1 Å². The average molecular weight is 314 g/mol. The van der Waals surface area contributed by atoms with Gasteiger partial charge in [-0.25, -0.2) is 8.78 Å². The first-order chi connectivity index (χ1) is 9.46. The summed E-state index contributed by atoms with van der Waals surface area (Å²) in [6.07, 6.45) is -12.9. The van der Waals surface area contributed by atoms with Crippen molar-refractivity contribution in [3.8, 4) is 12.1 Å². The molecule has 0 amide bonds. The van der Waals surface area contributed by atoms with Crippen LogP contribution in [0.1, 0.15) is 22.3 Å². The van der Waals surface area contributed by atoms with E-state index < -0.39 is 52.7 Å². The van der Waals surface area contributed by atoms with Crippen LogP contribution in [0.15, 0.2) is 0 Å². The fourth-order valence-electron chi connectivity index (χ4n) is 1.68. The Balaban J connectivity index is 4.10. The monoisotopic (exact) mass is 314 g/mol. The van der Waals surface area contributed by atoms with Crippen LogP contribution in [0.2, 0.25) is 0 Å². The van der Waals surface area contributed by atoms with Crippen LogP contribution in [-0.2, 0) is 18.8 Å². The van der Waals surface area contributed by atoms with Crippen molar-refractivity contribution < 1.29 is 35.1 Å². The van der Waals surface area contributed by atoms with E-state index in [1.54, 1.807) is 0 Å². The van der Waals surface area contributed by atoms with Crippen LogP contribution >= 0.6 is 0 Å². The average Bonchev–Trinajstić information content (AvgIpc) is 2.32. The first-order valence-electron chi connectivity index (χ1n) is 4.92. The summed E-state index contributed by atoms with van der Waals surface area (Å²) in [6, 6.07) is 1.60. The molecule has 0 aromatic heterocycles. The molecule has 0 atom stereocenters. The van der Waals surface area contributed by atoms with Crippen LogP contribution in [0.4, 0.5) is 35.1 Å². The zero-order valence-electron chi connectivity index (χ0n) is 9.63. The number of halogens is 8. The van der Waals surface area contributed by atoms with Crippen LogP contribution in [0.25, 0.3) is 0 Å². The van der Waals surface area contributed by atoms with Crippen LogP contribution in [0, 0.1) is 34.3 Å². The van der Waals surface area contributed by atoms with Gasteiger partial charge < -0.3 is 0 Å². The Morgan fingerprint density at radius 3 is 1.62 bits per heavy atom. The molecule has 0 bridgehead atoms. The van der Waals surface area contributed by atoms with Crippen molar-refractivity contribution in [1.29, 1.82) is 10.5 Å². The number of nitrogens with zero attached hydrogens (tertiary/aromatic N) is 2. The molecule has 2 nitrogen and oxygen atoms in total. The maximum absolute atomic E-state index is 13.5. The Kier molecular flexibility index (Phi) is 4.14. The Morgan fingerprint density at radius 1 is 0.810 bits per heavy atom. The van der Waals surface area contributed by atoms with Crippen molar-refractivity contribution in [2.45, 2.75) is 18.8 Å². The van der Waals surface area contributed by atoms with Crippen LogP contribution in [0.5, 0.6) is 0 Å². The first kappa shape index (κ1) is 16.7. The maximum Gasteiger partial charge on any atom is 0.418 e. The molecule has 10 heteroatoms. The summed E-state index contributed by atoms with van der Waals surface area (Å²) in [7, 11) is 0. The molecule has 0 fully saturated rings. The van der Waals surface area contributed by atoms with Crippen LogP contribution < -0.4 is 0 Å². The lowest BCUT2D eigenvalue weighted by Gasteiger charge is -2.20. The number of hydrogen-bond donors (Lipinski definition) is 0. The van der Waals surface area contributed by atoms with Gasteiger partial charge in [0.05, 0.1) is 23.6 Å². The largest absolute Gasteiger partial charge is 0.418 e. The second kappa shape index (κ2) is 5.20. The molecule has 0 aliphatic heterocycles. The first-order valence-corrected chi connectivity index (χ1v) is 4.92. The lowest BCUT2D eigenvalue weighted by Crippen LogP contribution is -2.23. The third-order valence-corrected chi connectivity index (χ3v) is 2.41. The minimum absolute atomic E-state index is 0.575. The van der Waals surface area contributed by atoms with Crippen molar-refractivity contribution in [1.82, 2.24) is 0 Å². The van der Waals surface area contributed by atoms with E-state index in [2.05, 4.69) is 0 Å². The van der Waals surface area contributed by atoms with Crippen LogP contribution in [-0.4, -0.2) is 0 Å². The van der Waals surface area contributed by atoms with E-state index in [1.165, 1.54) is 0 Å². The molecule has 112 valence electrons. The van der Waals surface area contributed by atoms with Gasteiger partial charge >= 0.3 is 12.4 Å². The minimum atomic E-state index is -5.76. The van der Waals surface area contributed by atoms with E-state index >= 15 is 0 Å². The molecule has 0 heterocycles.